The van der Waals surface area contributed by atoms with E-state index in [-0.39, 0.29) is 17.8 Å². The number of guanidine groups is 1. The van der Waals surface area contributed by atoms with Crippen molar-refractivity contribution in [3.05, 3.63) is 46.2 Å². The zero-order valence-electron chi connectivity index (χ0n) is 15.6. The summed E-state index contributed by atoms with van der Waals surface area (Å²) < 4.78 is 18.6. The maximum absolute atomic E-state index is 12.9. The number of benzene rings is 1. The molecule has 2 rings (SSSR count). The minimum atomic E-state index is -0.296. The Hall–Kier alpha value is -2.68. The summed E-state index contributed by atoms with van der Waals surface area (Å²) in [4.78, 5) is 20.8. The predicted molar refractivity (Wildman–Crippen MR) is 105 cm³/mol. The van der Waals surface area contributed by atoms with Crippen LogP contribution < -0.4 is 20.7 Å². The van der Waals surface area contributed by atoms with E-state index in [0.717, 1.165) is 5.69 Å². The van der Waals surface area contributed by atoms with E-state index in [4.69, 9.17) is 4.74 Å². The summed E-state index contributed by atoms with van der Waals surface area (Å²) >= 11 is 1.32. The molecule has 0 bridgehead atoms. The lowest BCUT2D eigenvalue weighted by atomic mass is 10.3. The number of aryl methyl sites for hydroxylation is 1. The molecule has 0 saturated carbocycles. The Morgan fingerprint density at radius 1 is 1.26 bits per heavy atom. The second-order valence-electron chi connectivity index (χ2n) is 5.79. The maximum Gasteiger partial charge on any atom is 0.263 e. The van der Waals surface area contributed by atoms with Crippen LogP contribution in [0.5, 0.6) is 5.75 Å². The molecule has 1 aromatic heterocycles. The molecule has 1 atom stereocenters. The van der Waals surface area contributed by atoms with Crippen molar-refractivity contribution in [3.8, 4) is 5.75 Å². The summed E-state index contributed by atoms with van der Waals surface area (Å²) in [5.74, 6) is 0.791. The fourth-order valence-electron chi connectivity index (χ4n) is 2.21. The number of halogens is 1. The molecule has 146 valence electrons. The number of amides is 1. The molecule has 1 amide bonds. The number of thiazole rings is 1. The van der Waals surface area contributed by atoms with E-state index in [2.05, 4.69) is 25.9 Å². The maximum atomic E-state index is 12.9. The zero-order chi connectivity index (χ0) is 19.6. The largest absolute Gasteiger partial charge is 0.489 e. The van der Waals surface area contributed by atoms with E-state index >= 15 is 0 Å². The van der Waals surface area contributed by atoms with Crippen molar-refractivity contribution in [1.29, 1.82) is 0 Å². The van der Waals surface area contributed by atoms with Crippen molar-refractivity contribution in [2.24, 2.45) is 4.99 Å². The molecule has 0 aliphatic rings. The van der Waals surface area contributed by atoms with E-state index < -0.39 is 0 Å². The average Bonchev–Trinajstić information content (AvgIpc) is 3.09. The molecule has 1 aromatic carbocycles. The summed E-state index contributed by atoms with van der Waals surface area (Å²) in [7, 11) is 1.67. The lowest BCUT2D eigenvalue weighted by molar-refractivity contribution is 0.0957. The first-order valence-corrected chi connectivity index (χ1v) is 9.42. The summed E-state index contributed by atoms with van der Waals surface area (Å²) in [5, 5.41) is 9.10. The minimum absolute atomic E-state index is 0.124. The minimum Gasteiger partial charge on any atom is -0.489 e. The number of ether oxygens (including phenoxy) is 1. The van der Waals surface area contributed by atoms with E-state index in [1.807, 2.05) is 13.8 Å². The number of nitrogens with one attached hydrogen (secondary N) is 3. The van der Waals surface area contributed by atoms with E-state index in [9.17, 15) is 9.18 Å². The molecule has 9 heteroatoms. The van der Waals surface area contributed by atoms with Crippen molar-refractivity contribution < 1.29 is 13.9 Å². The molecule has 2 aromatic rings. The number of nitrogens with zero attached hydrogens (tertiary/aromatic N) is 2. The molecule has 0 saturated heterocycles. The summed E-state index contributed by atoms with van der Waals surface area (Å²) in [6, 6.07) is 5.90. The lowest BCUT2D eigenvalue weighted by Gasteiger charge is -2.17. The standard InChI is InChI=1S/C18H24FN5O2S/c1-12(26-15-6-4-14(19)5-7-15)10-23-18(20-3)22-9-8-21-17(25)16-13(2)24-11-27-16/h4-7,11-12H,8-10H2,1-3H3,(H,21,25)(H2,20,22,23). The van der Waals surface area contributed by atoms with Gasteiger partial charge in [0.05, 0.1) is 17.7 Å². The number of rotatable bonds is 8. The van der Waals surface area contributed by atoms with E-state index in [1.165, 1.54) is 23.5 Å². The third kappa shape index (κ3) is 6.86. The van der Waals surface area contributed by atoms with Gasteiger partial charge in [0.25, 0.3) is 5.91 Å². The van der Waals surface area contributed by atoms with Crippen molar-refractivity contribution in [2.75, 3.05) is 26.7 Å². The molecular formula is C18H24FN5O2S. The van der Waals surface area contributed by atoms with Gasteiger partial charge in [0, 0.05) is 20.1 Å². The Balaban J connectivity index is 1.65. The molecule has 0 spiro atoms. The summed E-state index contributed by atoms with van der Waals surface area (Å²) in [6.07, 6.45) is -0.136. The van der Waals surface area contributed by atoms with Crippen LogP contribution in [0.3, 0.4) is 0 Å². The van der Waals surface area contributed by atoms with Crippen molar-refractivity contribution in [3.63, 3.8) is 0 Å². The quantitative estimate of drug-likeness (QED) is 0.363. The molecule has 27 heavy (non-hydrogen) atoms. The predicted octanol–water partition coefficient (Wildman–Crippen LogP) is 1.95. The highest BCUT2D eigenvalue weighted by Gasteiger charge is 2.11. The Bertz CT molecular complexity index is 763. The van der Waals surface area contributed by atoms with Gasteiger partial charge in [-0.15, -0.1) is 11.3 Å². The second kappa shape index (κ2) is 10.5. The number of aliphatic imine (C=N–C) groups is 1. The highest BCUT2D eigenvalue weighted by molar-refractivity contribution is 7.11. The average molecular weight is 393 g/mol. The first kappa shape index (κ1) is 20.6. The smallest absolute Gasteiger partial charge is 0.263 e. The Kier molecular flexibility index (Phi) is 8.00. The monoisotopic (exact) mass is 393 g/mol. The van der Waals surface area contributed by atoms with Gasteiger partial charge in [-0.2, -0.15) is 0 Å². The first-order valence-electron chi connectivity index (χ1n) is 8.54. The van der Waals surface area contributed by atoms with Crippen LogP contribution in [0, 0.1) is 12.7 Å². The van der Waals surface area contributed by atoms with Crippen LogP contribution in [0.25, 0.3) is 0 Å². The molecule has 1 heterocycles. The lowest BCUT2D eigenvalue weighted by Crippen LogP contribution is -2.44. The first-order chi connectivity index (χ1) is 13.0. The molecule has 0 fully saturated rings. The van der Waals surface area contributed by atoms with Crippen LogP contribution in [0.1, 0.15) is 22.3 Å². The number of hydrogen-bond donors (Lipinski definition) is 3. The summed E-state index contributed by atoms with van der Waals surface area (Å²) in [6.45, 7) is 5.21. The molecule has 3 N–H and O–H groups in total. The molecule has 7 nitrogen and oxygen atoms in total. The van der Waals surface area contributed by atoms with E-state index in [0.29, 0.717) is 36.2 Å². The van der Waals surface area contributed by atoms with Gasteiger partial charge in [-0.1, -0.05) is 0 Å². The van der Waals surface area contributed by atoms with Gasteiger partial charge >= 0.3 is 0 Å². The topological polar surface area (TPSA) is 87.6 Å². The van der Waals surface area contributed by atoms with Crippen LogP contribution >= 0.6 is 11.3 Å². The Morgan fingerprint density at radius 3 is 2.59 bits per heavy atom. The fourth-order valence-corrected chi connectivity index (χ4v) is 2.92. The fraction of sp³-hybridized carbons (Fsp3) is 0.389. The van der Waals surface area contributed by atoms with Gasteiger partial charge in [-0.25, -0.2) is 9.37 Å². The summed E-state index contributed by atoms with van der Waals surface area (Å²) in [5.41, 5.74) is 2.39. The highest BCUT2D eigenvalue weighted by atomic mass is 32.1. The van der Waals surface area contributed by atoms with Crippen LogP contribution in [-0.4, -0.2) is 49.6 Å². The van der Waals surface area contributed by atoms with Crippen molar-refractivity contribution >= 4 is 23.2 Å². The molecule has 0 radical (unpaired) electrons. The molecular weight excluding hydrogens is 369 g/mol. The van der Waals surface area contributed by atoms with Gasteiger partial charge in [0.1, 0.15) is 22.5 Å². The second-order valence-corrected chi connectivity index (χ2v) is 6.64. The van der Waals surface area contributed by atoms with Crippen molar-refractivity contribution in [2.45, 2.75) is 20.0 Å². The molecule has 0 aliphatic carbocycles. The normalized spacial score (nSPS) is 12.4. The van der Waals surface area contributed by atoms with Gasteiger partial charge in [-0.05, 0) is 38.1 Å². The SMILES string of the molecule is CN=C(NCCNC(=O)c1scnc1C)NCC(C)Oc1ccc(F)cc1. The van der Waals surface area contributed by atoms with Crippen LogP contribution in [0.4, 0.5) is 4.39 Å². The van der Waals surface area contributed by atoms with Gasteiger partial charge in [0.15, 0.2) is 5.96 Å². The van der Waals surface area contributed by atoms with Gasteiger partial charge in [0.2, 0.25) is 0 Å². The van der Waals surface area contributed by atoms with Crippen LogP contribution in [0.2, 0.25) is 0 Å². The highest BCUT2D eigenvalue weighted by Crippen LogP contribution is 2.13. The van der Waals surface area contributed by atoms with Crippen LogP contribution in [-0.2, 0) is 0 Å². The third-order valence-electron chi connectivity index (χ3n) is 3.59. The number of hydrogen-bond acceptors (Lipinski definition) is 5. The molecule has 0 aliphatic heterocycles. The van der Waals surface area contributed by atoms with Gasteiger partial charge < -0.3 is 20.7 Å². The van der Waals surface area contributed by atoms with Crippen molar-refractivity contribution in [1.82, 2.24) is 20.9 Å². The van der Waals surface area contributed by atoms with E-state index in [1.54, 1.807) is 24.7 Å². The number of carbonyl (C=O) groups is 1. The number of carbonyl (C=O) groups excluding carboxylic acids is 1. The Morgan fingerprint density at radius 2 is 1.96 bits per heavy atom. The van der Waals surface area contributed by atoms with Gasteiger partial charge in [-0.3, -0.25) is 9.79 Å². The Labute approximate surface area is 162 Å². The third-order valence-corrected chi connectivity index (χ3v) is 4.51. The molecule has 1 unspecified atom stereocenters. The number of aromatic nitrogens is 1. The van der Waals surface area contributed by atoms with Crippen LogP contribution in [0.15, 0.2) is 34.8 Å². The zero-order valence-corrected chi connectivity index (χ0v) is 16.4.